The number of nitrogens with zero attached hydrogens (tertiary/aromatic N) is 2. The van der Waals surface area contributed by atoms with Crippen molar-refractivity contribution >= 4 is 27.5 Å². The molecule has 168 valence electrons. The van der Waals surface area contributed by atoms with Gasteiger partial charge in [0.05, 0.1) is 24.7 Å². The van der Waals surface area contributed by atoms with Crippen LogP contribution < -0.4 is 10.5 Å². The van der Waals surface area contributed by atoms with Crippen molar-refractivity contribution < 1.29 is 14.3 Å². The quantitative estimate of drug-likeness (QED) is 0.756. The van der Waals surface area contributed by atoms with E-state index in [1.807, 2.05) is 12.3 Å². The molecule has 2 aliphatic carbocycles. The maximum absolute atomic E-state index is 11.6. The Hall–Kier alpha value is -1.70. The highest BCUT2D eigenvalue weighted by molar-refractivity contribution is 7.19. The van der Waals surface area contributed by atoms with Gasteiger partial charge in [-0.2, -0.15) is 0 Å². The third-order valence-corrected chi connectivity index (χ3v) is 8.51. The molecule has 0 bridgehead atoms. The molecule has 3 aliphatic rings. The van der Waals surface area contributed by atoms with Crippen molar-refractivity contribution in [1.82, 2.24) is 9.88 Å². The Kier molecular flexibility index (Phi) is 5.92. The SMILES string of the molecule is C[C@H]1COC[C@H](C)N1[C@H]1CC[C@H](Oc2ccnc3sc4c(c23)[C@@H](CC(N)=O)CC4)CC1. The fourth-order valence-corrected chi connectivity index (χ4v) is 7.31. The van der Waals surface area contributed by atoms with Crippen LogP contribution in [-0.4, -0.2) is 53.2 Å². The first kappa shape index (κ1) is 21.2. The van der Waals surface area contributed by atoms with Gasteiger partial charge in [-0.1, -0.05) is 0 Å². The average molecular weight is 444 g/mol. The van der Waals surface area contributed by atoms with E-state index in [2.05, 4.69) is 23.7 Å². The van der Waals surface area contributed by atoms with Crippen LogP contribution in [0, 0.1) is 0 Å². The number of hydrogen-bond acceptors (Lipinski definition) is 6. The maximum atomic E-state index is 11.6. The van der Waals surface area contributed by atoms with Gasteiger partial charge < -0.3 is 15.2 Å². The van der Waals surface area contributed by atoms with Crippen LogP contribution in [0.5, 0.6) is 5.75 Å². The van der Waals surface area contributed by atoms with Gasteiger partial charge in [0.25, 0.3) is 0 Å². The number of primary amides is 1. The summed E-state index contributed by atoms with van der Waals surface area (Å²) in [7, 11) is 0. The number of hydrogen-bond donors (Lipinski definition) is 1. The number of nitrogens with two attached hydrogens (primary N) is 1. The van der Waals surface area contributed by atoms with Crippen molar-refractivity contribution in [2.75, 3.05) is 13.2 Å². The molecule has 31 heavy (non-hydrogen) atoms. The van der Waals surface area contributed by atoms with Crippen LogP contribution in [0.1, 0.15) is 68.7 Å². The summed E-state index contributed by atoms with van der Waals surface area (Å²) in [6, 6.07) is 3.60. The number of thiophene rings is 1. The predicted molar refractivity (Wildman–Crippen MR) is 123 cm³/mol. The van der Waals surface area contributed by atoms with Gasteiger partial charge in [-0.3, -0.25) is 9.69 Å². The second kappa shape index (κ2) is 8.68. The van der Waals surface area contributed by atoms with Gasteiger partial charge in [-0.15, -0.1) is 11.3 Å². The van der Waals surface area contributed by atoms with Crippen LogP contribution in [0.15, 0.2) is 12.3 Å². The van der Waals surface area contributed by atoms with Gasteiger partial charge in [-0.05, 0) is 69.9 Å². The van der Waals surface area contributed by atoms with E-state index < -0.39 is 0 Å². The van der Waals surface area contributed by atoms with Crippen LogP contribution in [0.4, 0.5) is 0 Å². The minimum Gasteiger partial charge on any atom is -0.490 e. The molecular weight excluding hydrogens is 410 g/mol. The highest BCUT2D eigenvalue weighted by atomic mass is 32.1. The van der Waals surface area contributed by atoms with Crippen LogP contribution in [0.2, 0.25) is 0 Å². The summed E-state index contributed by atoms with van der Waals surface area (Å²) >= 11 is 1.75. The van der Waals surface area contributed by atoms with E-state index in [1.54, 1.807) is 11.3 Å². The van der Waals surface area contributed by atoms with Crippen LogP contribution in [0.25, 0.3) is 10.2 Å². The summed E-state index contributed by atoms with van der Waals surface area (Å²) in [5.74, 6) is 0.914. The summed E-state index contributed by atoms with van der Waals surface area (Å²) in [6.45, 7) is 6.24. The Morgan fingerprint density at radius 3 is 2.68 bits per heavy atom. The van der Waals surface area contributed by atoms with Gasteiger partial charge in [0.1, 0.15) is 10.6 Å². The zero-order valence-corrected chi connectivity index (χ0v) is 19.3. The number of carbonyl (C=O) groups excluding carboxylic acids is 1. The molecule has 2 N–H and O–H groups in total. The van der Waals surface area contributed by atoms with E-state index in [9.17, 15) is 4.79 Å². The second-order valence-electron chi connectivity index (χ2n) is 9.57. The molecule has 7 heteroatoms. The Bertz CT molecular complexity index is 943. The number of pyridine rings is 1. The van der Waals surface area contributed by atoms with E-state index in [-0.39, 0.29) is 17.9 Å². The topological polar surface area (TPSA) is 77.7 Å². The molecule has 1 amide bonds. The number of aromatic nitrogens is 1. The predicted octanol–water partition coefficient (Wildman–Crippen LogP) is 4.00. The van der Waals surface area contributed by atoms with Crippen molar-refractivity contribution in [1.29, 1.82) is 0 Å². The fraction of sp³-hybridized carbons (Fsp3) is 0.667. The molecule has 0 radical (unpaired) electrons. The molecule has 2 aromatic rings. The van der Waals surface area contributed by atoms with Crippen LogP contribution >= 0.6 is 11.3 Å². The molecule has 0 spiro atoms. The largest absolute Gasteiger partial charge is 0.490 e. The standard InChI is InChI=1S/C24H33N3O3S/c1-14-12-29-13-15(2)27(14)17-4-6-18(7-5-17)30-19-9-10-26-24-23(19)22-16(11-21(25)28)3-8-20(22)31-24/h9-10,14-18H,3-8,11-13H2,1-2H3,(H2,25,28)/t14-,15-,16+,17-,18-/m0/s1. The average Bonchev–Trinajstić information content (AvgIpc) is 3.29. The Labute approximate surface area is 188 Å². The number of aryl methyl sites for hydroxylation is 1. The van der Waals surface area contributed by atoms with Gasteiger partial charge >= 0.3 is 0 Å². The molecule has 1 saturated carbocycles. The van der Waals surface area contributed by atoms with Crippen molar-refractivity contribution in [3.05, 3.63) is 22.7 Å². The van der Waals surface area contributed by atoms with Crippen LogP contribution in [-0.2, 0) is 16.0 Å². The normalized spacial score (nSPS) is 31.6. The smallest absolute Gasteiger partial charge is 0.218 e. The number of fused-ring (bicyclic) bond motifs is 3. The second-order valence-corrected chi connectivity index (χ2v) is 10.6. The lowest BCUT2D eigenvalue weighted by Gasteiger charge is -2.46. The summed E-state index contributed by atoms with van der Waals surface area (Å²) < 4.78 is 12.3. The van der Waals surface area contributed by atoms with Crippen molar-refractivity contribution in [3.63, 3.8) is 0 Å². The lowest BCUT2D eigenvalue weighted by atomic mass is 9.89. The minimum absolute atomic E-state index is 0.202. The molecule has 0 aromatic carbocycles. The van der Waals surface area contributed by atoms with E-state index in [0.29, 0.717) is 24.5 Å². The third-order valence-electron chi connectivity index (χ3n) is 7.34. The van der Waals surface area contributed by atoms with Gasteiger partial charge in [0, 0.05) is 35.6 Å². The summed E-state index contributed by atoms with van der Waals surface area (Å²) in [4.78, 5) is 21.3. The highest BCUT2D eigenvalue weighted by Crippen LogP contribution is 2.48. The Morgan fingerprint density at radius 1 is 1.23 bits per heavy atom. The summed E-state index contributed by atoms with van der Waals surface area (Å²) in [5, 5.41) is 1.13. The number of amides is 1. The van der Waals surface area contributed by atoms with Gasteiger partial charge in [0.15, 0.2) is 0 Å². The number of morpholine rings is 1. The molecule has 3 atom stereocenters. The maximum Gasteiger partial charge on any atom is 0.218 e. The lowest BCUT2D eigenvalue weighted by Crippen LogP contribution is -2.55. The zero-order valence-electron chi connectivity index (χ0n) is 18.5. The summed E-state index contributed by atoms with van der Waals surface area (Å²) in [5.41, 5.74) is 6.80. The molecule has 6 nitrogen and oxygen atoms in total. The van der Waals surface area contributed by atoms with E-state index in [0.717, 1.165) is 54.9 Å². The molecule has 1 aliphatic heterocycles. The van der Waals surface area contributed by atoms with Crippen molar-refractivity contribution in [2.24, 2.45) is 5.73 Å². The van der Waals surface area contributed by atoms with E-state index >= 15 is 0 Å². The minimum atomic E-state index is -0.228. The van der Waals surface area contributed by atoms with E-state index in [4.69, 9.17) is 15.2 Å². The number of carbonyl (C=O) groups is 1. The lowest BCUT2D eigenvalue weighted by molar-refractivity contribution is -0.118. The summed E-state index contributed by atoms with van der Waals surface area (Å²) in [6.07, 6.45) is 8.98. The fourth-order valence-electron chi connectivity index (χ4n) is 6.05. The molecular formula is C24H33N3O3S. The molecule has 5 rings (SSSR count). The monoisotopic (exact) mass is 443 g/mol. The van der Waals surface area contributed by atoms with Crippen molar-refractivity contribution in [2.45, 2.75) is 88.9 Å². The Morgan fingerprint density at radius 2 is 1.97 bits per heavy atom. The zero-order chi connectivity index (χ0) is 21.5. The van der Waals surface area contributed by atoms with E-state index in [1.165, 1.54) is 23.3 Å². The van der Waals surface area contributed by atoms with Gasteiger partial charge in [0.2, 0.25) is 5.91 Å². The first-order chi connectivity index (χ1) is 15.0. The third kappa shape index (κ3) is 4.08. The number of ether oxygens (including phenoxy) is 2. The molecule has 2 fully saturated rings. The molecule has 1 saturated heterocycles. The van der Waals surface area contributed by atoms with Gasteiger partial charge in [-0.25, -0.2) is 4.98 Å². The molecule has 2 aromatic heterocycles. The first-order valence-electron chi connectivity index (χ1n) is 11.7. The van der Waals surface area contributed by atoms with Crippen LogP contribution in [0.3, 0.4) is 0 Å². The first-order valence-corrected chi connectivity index (χ1v) is 12.5. The number of rotatable bonds is 5. The van der Waals surface area contributed by atoms with Crippen molar-refractivity contribution in [3.8, 4) is 5.75 Å². The Balaban J connectivity index is 1.31. The molecule has 3 heterocycles. The molecule has 0 unspecified atom stereocenters. The highest BCUT2D eigenvalue weighted by Gasteiger charge is 2.35.